The molecule has 0 amide bonds. The Labute approximate surface area is 131 Å². The summed E-state index contributed by atoms with van der Waals surface area (Å²) < 4.78 is 5.93. The average molecular weight is 294 g/mol. The van der Waals surface area contributed by atoms with Crippen molar-refractivity contribution in [1.29, 1.82) is 0 Å². The number of carbonyl (C=O) groups excluding carboxylic acids is 1. The van der Waals surface area contributed by atoms with Crippen molar-refractivity contribution in [2.45, 2.75) is 86.7 Å². The number of carbonyl (C=O) groups is 1. The van der Waals surface area contributed by atoms with E-state index in [0.717, 1.165) is 18.8 Å². The summed E-state index contributed by atoms with van der Waals surface area (Å²) in [6.45, 7) is 15.9. The van der Waals surface area contributed by atoms with Crippen LogP contribution in [0.4, 0.5) is 0 Å². The molecule has 2 heteroatoms. The fraction of sp³-hybridized carbons (Fsp3) is 0.947. The first kappa shape index (κ1) is 16.8. The fourth-order valence-electron chi connectivity index (χ4n) is 4.92. The predicted molar refractivity (Wildman–Crippen MR) is 87.0 cm³/mol. The van der Waals surface area contributed by atoms with Crippen molar-refractivity contribution in [3.8, 4) is 0 Å². The van der Waals surface area contributed by atoms with Crippen molar-refractivity contribution in [2.75, 3.05) is 0 Å². The van der Waals surface area contributed by atoms with Gasteiger partial charge >= 0.3 is 5.97 Å². The van der Waals surface area contributed by atoms with Crippen LogP contribution in [0.15, 0.2) is 0 Å². The molecule has 0 heterocycles. The molecule has 2 saturated carbocycles. The van der Waals surface area contributed by atoms with Crippen LogP contribution in [0.2, 0.25) is 0 Å². The summed E-state index contributed by atoms with van der Waals surface area (Å²) in [6.07, 6.45) is 5.36. The van der Waals surface area contributed by atoms with Gasteiger partial charge in [-0.25, -0.2) is 0 Å². The number of hydrogen-bond acceptors (Lipinski definition) is 2. The van der Waals surface area contributed by atoms with Gasteiger partial charge in [-0.2, -0.15) is 0 Å². The van der Waals surface area contributed by atoms with Gasteiger partial charge in [-0.15, -0.1) is 0 Å². The summed E-state index contributed by atoms with van der Waals surface area (Å²) in [5, 5.41) is 0. The van der Waals surface area contributed by atoms with Crippen LogP contribution in [0.5, 0.6) is 0 Å². The van der Waals surface area contributed by atoms with E-state index in [-0.39, 0.29) is 22.9 Å². The van der Waals surface area contributed by atoms with Gasteiger partial charge in [0.2, 0.25) is 0 Å². The third kappa shape index (κ3) is 3.14. The van der Waals surface area contributed by atoms with Crippen molar-refractivity contribution in [1.82, 2.24) is 0 Å². The lowest BCUT2D eigenvalue weighted by atomic mass is 9.70. The zero-order valence-electron chi connectivity index (χ0n) is 15.1. The van der Waals surface area contributed by atoms with Crippen LogP contribution in [-0.2, 0) is 9.53 Å². The maximum Gasteiger partial charge on any atom is 0.306 e. The topological polar surface area (TPSA) is 26.3 Å². The van der Waals surface area contributed by atoms with Crippen molar-refractivity contribution in [2.24, 2.45) is 28.1 Å². The predicted octanol–water partition coefficient (Wildman–Crippen LogP) is 5.21. The van der Waals surface area contributed by atoms with E-state index in [1.165, 1.54) is 12.8 Å². The van der Waals surface area contributed by atoms with Crippen molar-refractivity contribution in [3.05, 3.63) is 0 Å². The van der Waals surface area contributed by atoms with E-state index in [9.17, 15) is 4.79 Å². The summed E-state index contributed by atoms with van der Waals surface area (Å²) in [6, 6.07) is 0. The fourth-order valence-corrected chi connectivity index (χ4v) is 4.92. The van der Waals surface area contributed by atoms with Gasteiger partial charge in [-0.05, 0) is 48.3 Å². The lowest BCUT2D eigenvalue weighted by molar-refractivity contribution is -0.158. The molecule has 21 heavy (non-hydrogen) atoms. The quantitative estimate of drug-likeness (QED) is 0.666. The zero-order valence-corrected chi connectivity index (χ0v) is 15.1. The monoisotopic (exact) mass is 294 g/mol. The highest BCUT2D eigenvalue weighted by Crippen LogP contribution is 2.66. The SMILES string of the molecule is CC(CC(=O)O[C@@H]1C[C@@H]2CC[C@@]1(C)C2(C)C)CC(C)(C)C. The Kier molecular flexibility index (Phi) is 4.23. The minimum Gasteiger partial charge on any atom is -0.462 e. The second-order valence-electron chi connectivity index (χ2n) is 9.66. The molecule has 122 valence electrons. The molecule has 0 aromatic heterocycles. The third-order valence-electron chi connectivity index (χ3n) is 6.46. The molecule has 2 fully saturated rings. The van der Waals surface area contributed by atoms with Crippen LogP contribution in [0.1, 0.15) is 80.6 Å². The Hall–Kier alpha value is -0.530. The molecule has 2 rings (SSSR count). The summed E-state index contributed by atoms with van der Waals surface area (Å²) in [5.74, 6) is 1.14. The first-order valence-corrected chi connectivity index (χ1v) is 8.65. The normalized spacial score (nSPS) is 35.8. The summed E-state index contributed by atoms with van der Waals surface area (Å²) in [5.41, 5.74) is 0.773. The maximum atomic E-state index is 12.3. The number of rotatable bonds is 4. The molecule has 2 aliphatic rings. The summed E-state index contributed by atoms with van der Waals surface area (Å²) in [7, 11) is 0. The lowest BCUT2D eigenvalue weighted by Gasteiger charge is -2.38. The Morgan fingerprint density at radius 3 is 2.33 bits per heavy atom. The van der Waals surface area contributed by atoms with E-state index in [4.69, 9.17) is 4.74 Å². The van der Waals surface area contributed by atoms with Crippen LogP contribution in [0.25, 0.3) is 0 Å². The number of fused-ring (bicyclic) bond motifs is 2. The van der Waals surface area contributed by atoms with Gasteiger partial charge in [-0.3, -0.25) is 4.79 Å². The van der Waals surface area contributed by atoms with Crippen molar-refractivity contribution >= 4 is 5.97 Å². The molecule has 2 nitrogen and oxygen atoms in total. The first-order valence-electron chi connectivity index (χ1n) is 8.65. The second-order valence-corrected chi connectivity index (χ2v) is 9.66. The highest BCUT2D eigenvalue weighted by atomic mass is 16.5. The average Bonchev–Trinajstić information content (AvgIpc) is 2.58. The summed E-state index contributed by atoms with van der Waals surface area (Å²) >= 11 is 0. The minimum atomic E-state index is 0.0151. The van der Waals surface area contributed by atoms with Gasteiger partial charge in [0.25, 0.3) is 0 Å². The highest BCUT2D eigenvalue weighted by molar-refractivity contribution is 5.70. The first-order chi connectivity index (χ1) is 9.46. The molecule has 0 aromatic rings. The van der Waals surface area contributed by atoms with Crippen LogP contribution in [0.3, 0.4) is 0 Å². The molecule has 0 aliphatic heterocycles. The largest absolute Gasteiger partial charge is 0.462 e. The molecule has 2 bridgehead atoms. The van der Waals surface area contributed by atoms with E-state index in [2.05, 4.69) is 48.5 Å². The molecule has 0 aromatic carbocycles. The van der Waals surface area contributed by atoms with Crippen LogP contribution < -0.4 is 0 Å². The van der Waals surface area contributed by atoms with Crippen molar-refractivity contribution < 1.29 is 9.53 Å². The van der Waals surface area contributed by atoms with Gasteiger partial charge in [0.1, 0.15) is 6.10 Å². The van der Waals surface area contributed by atoms with E-state index >= 15 is 0 Å². The molecular formula is C19H34O2. The van der Waals surface area contributed by atoms with Gasteiger partial charge in [0.05, 0.1) is 0 Å². The zero-order chi connectivity index (χ0) is 16.1. The smallest absolute Gasteiger partial charge is 0.306 e. The van der Waals surface area contributed by atoms with E-state index < -0.39 is 0 Å². The molecular weight excluding hydrogens is 260 g/mol. The van der Waals surface area contributed by atoms with Crippen LogP contribution in [0, 0.1) is 28.1 Å². The van der Waals surface area contributed by atoms with E-state index in [0.29, 0.717) is 17.8 Å². The van der Waals surface area contributed by atoms with Gasteiger partial charge in [0.15, 0.2) is 0 Å². The van der Waals surface area contributed by atoms with Gasteiger partial charge in [0, 0.05) is 11.8 Å². The molecule has 0 radical (unpaired) electrons. The number of ether oxygens (including phenoxy) is 1. The molecule has 1 unspecified atom stereocenters. The Bertz CT molecular complexity index is 404. The Morgan fingerprint density at radius 2 is 1.90 bits per heavy atom. The standard InChI is InChI=1S/C19H34O2/c1-13(12-17(2,3)4)10-16(20)21-15-11-14-8-9-19(15,7)18(14,5)6/h13-15H,8-12H2,1-7H3/t13?,14-,15+,19+/m0/s1. The molecule has 4 atom stereocenters. The molecule has 0 saturated heterocycles. The Morgan fingerprint density at radius 1 is 1.29 bits per heavy atom. The molecule has 0 N–H and O–H groups in total. The third-order valence-corrected chi connectivity index (χ3v) is 6.46. The lowest BCUT2D eigenvalue weighted by Crippen LogP contribution is -2.38. The number of hydrogen-bond donors (Lipinski definition) is 0. The van der Waals surface area contributed by atoms with Crippen molar-refractivity contribution in [3.63, 3.8) is 0 Å². The molecule has 2 aliphatic carbocycles. The number of esters is 1. The second kappa shape index (κ2) is 5.28. The maximum absolute atomic E-state index is 12.3. The summed E-state index contributed by atoms with van der Waals surface area (Å²) in [4.78, 5) is 12.3. The Balaban J connectivity index is 1.90. The molecule has 0 spiro atoms. The van der Waals surface area contributed by atoms with E-state index in [1.54, 1.807) is 0 Å². The van der Waals surface area contributed by atoms with Gasteiger partial charge in [-0.1, -0.05) is 48.5 Å². The van der Waals surface area contributed by atoms with Gasteiger partial charge < -0.3 is 4.74 Å². The van der Waals surface area contributed by atoms with Crippen LogP contribution >= 0.6 is 0 Å². The minimum absolute atomic E-state index is 0.0151. The van der Waals surface area contributed by atoms with E-state index in [1.807, 2.05) is 0 Å². The highest BCUT2D eigenvalue weighted by Gasteiger charge is 2.62. The van der Waals surface area contributed by atoms with Crippen LogP contribution in [-0.4, -0.2) is 12.1 Å².